The van der Waals surface area contributed by atoms with Crippen LogP contribution in [0.25, 0.3) is 0 Å². The molecule has 0 saturated carbocycles. The zero-order valence-electron chi connectivity index (χ0n) is 11.3. The summed E-state index contributed by atoms with van der Waals surface area (Å²) < 4.78 is 1.74. The number of anilines is 1. The molecule has 0 spiro atoms. The molecule has 0 fully saturated rings. The van der Waals surface area contributed by atoms with E-state index >= 15 is 0 Å². The van der Waals surface area contributed by atoms with Crippen molar-refractivity contribution in [2.75, 3.05) is 11.9 Å². The summed E-state index contributed by atoms with van der Waals surface area (Å²) in [5.41, 5.74) is 0.622. The van der Waals surface area contributed by atoms with Gasteiger partial charge in [0.2, 0.25) is 0 Å². The van der Waals surface area contributed by atoms with Crippen LogP contribution in [-0.4, -0.2) is 27.4 Å². The van der Waals surface area contributed by atoms with E-state index < -0.39 is 0 Å². The topological polar surface area (TPSA) is 67.2 Å². The highest BCUT2D eigenvalue weighted by Crippen LogP contribution is 2.19. The average molecular weight is 289 g/mol. The Labute approximate surface area is 121 Å². The lowest BCUT2D eigenvalue weighted by Crippen LogP contribution is -2.16. The van der Waals surface area contributed by atoms with E-state index in [1.165, 1.54) is 11.3 Å². The number of hydrogen-bond acceptors (Lipinski definition) is 4. The fourth-order valence-corrected chi connectivity index (χ4v) is 2.46. The molecule has 0 radical (unpaired) electrons. The summed E-state index contributed by atoms with van der Waals surface area (Å²) in [5.74, 6) is 5.75. The third-order valence-corrected chi connectivity index (χ3v) is 3.49. The van der Waals surface area contributed by atoms with Crippen LogP contribution in [0.15, 0.2) is 23.7 Å². The molecule has 104 valence electrons. The number of amides is 1. The normalized spacial score (nSPS) is 10.2. The monoisotopic (exact) mass is 289 g/mol. The van der Waals surface area contributed by atoms with Crippen molar-refractivity contribution >= 4 is 23.1 Å². The maximum absolute atomic E-state index is 12.3. The first-order valence-corrected chi connectivity index (χ1v) is 7.03. The van der Waals surface area contributed by atoms with Gasteiger partial charge >= 0.3 is 0 Å². The van der Waals surface area contributed by atoms with Gasteiger partial charge < -0.3 is 10.4 Å². The largest absolute Gasteiger partial charge is 0.384 e. The van der Waals surface area contributed by atoms with Crippen LogP contribution in [-0.2, 0) is 0 Å². The molecule has 5 nitrogen and oxygen atoms in total. The Morgan fingerprint density at radius 3 is 3.05 bits per heavy atom. The average Bonchev–Trinajstić information content (AvgIpc) is 3.04. The number of nitrogens with zero attached hydrogens (tertiary/aromatic N) is 2. The lowest BCUT2D eigenvalue weighted by molar-refractivity contribution is 0.102. The number of aliphatic hydroxyl groups is 1. The molecule has 0 atom stereocenters. The molecule has 2 aromatic rings. The van der Waals surface area contributed by atoms with Crippen LogP contribution in [0.1, 0.15) is 35.1 Å². The molecule has 0 bridgehead atoms. The first-order valence-electron chi connectivity index (χ1n) is 6.15. The van der Waals surface area contributed by atoms with Crippen molar-refractivity contribution < 1.29 is 9.90 Å². The number of rotatable bonds is 3. The Hall–Kier alpha value is -2.10. The molecule has 0 aromatic carbocycles. The van der Waals surface area contributed by atoms with Crippen molar-refractivity contribution in [3.05, 3.63) is 34.2 Å². The van der Waals surface area contributed by atoms with Gasteiger partial charge in [0.1, 0.15) is 17.3 Å². The third kappa shape index (κ3) is 3.07. The number of aliphatic hydroxyl groups excluding tert-OH is 1. The third-order valence-electron chi connectivity index (χ3n) is 2.57. The van der Waals surface area contributed by atoms with Gasteiger partial charge in [-0.1, -0.05) is 11.8 Å². The van der Waals surface area contributed by atoms with Gasteiger partial charge in [0.15, 0.2) is 0 Å². The molecule has 20 heavy (non-hydrogen) atoms. The Morgan fingerprint density at radius 1 is 1.55 bits per heavy atom. The summed E-state index contributed by atoms with van der Waals surface area (Å²) in [5, 5.41) is 17.5. The molecule has 0 aliphatic heterocycles. The van der Waals surface area contributed by atoms with Crippen molar-refractivity contribution in [2.24, 2.45) is 0 Å². The van der Waals surface area contributed by atoms with Gasteiger partial charge in [0.25, 0.3) is 5.91 Å². The second-order valence-corrected chi connectivity index (χ2v) is 5.25. The number of carbonyl (C=O) groups is 1. The fourth-order valence-electron chi connectivity index (χ4n) is 1.72. The molecule has 2 aromatic heterocycles. The fraction of sp³-hybridized carbons (Fsp3) is 0.286. The van der Waals surface area contributed by atoms with E-state index in [0.717, 1.165) is 0 Å². The van der Waals surface area contributed by atoms with Gasteiger partial charge in [0.05, 0.1) is 6.20 Å². The number of nitrogens with one attached hydrogen (secondary N) is 1. The minimum absolute atomic E-state index is 0.164. The Bertz CT molecular complexity index is 661. The van der Waals surface area contributed by atoms with Crippen LogP contribution in [0.2, 0.25) is 0 Å². The quantitative estimate of drug-likeness (QED) is 0.851. The van der Waals surface area contributed by atoms with E-state index in [1.54, 1.807) is 28.4 Å². The summed E-state index contributed by atoms with van der Waals surface area (Å²) in [6.45, 7) is 3.76. The first-order chi connectivity index (χ1) is 9.63. The lowest BCUT2D eigenvalue weighted by atomic mass is 10.2. The summed E-state index contributed by atoms with van der Waals surface area (Å²) in [6.07, 6.45) is 1.65. The van der Waals surface area contributed by atoms with Crippen molar-refractivity contribution in [3.8, 4) is 11.8 Å². The van der Waals surface area contributed by atoms with E-state index in [2.05, 4.69) is 22.3 Å². The SMILES string of the molecule is CC(C)n1nccc1NC(=O)c1sccc1C#CCO. The van der Waals surface area contributed by atoms with Crippen molar-refractivity contribution in [3.63, 3.8) is 0 Å². The molecular formula is C14H15N3O2S. The molecule has 0 aliphatic rings. The Kier molecular flexibility index (Phi) is 4.56. The van der Waals surface area contributed by atoms with E-state index in [9.17, 15) is 4.79 Å². The second kappa shape index (κ2) is 6.37. The Morgan fingerprint density at radius 2 is 2.35 bits per heavy atom. The highest BCUT2D eigenvalue weighted by Gasteiger charge is 2.15. The number of thiophene rings is 1. The van der Waals surface area contributed by atoms with Gasteiger partial charge in [-0.05, 0) is 25.3 Å². The van der Waals surface area contributed by atoms with Gasteiger partial charge in [-0.2, -0.15) is 5.10 Å². The standard InChI is InChI=1S/C14H15N3O2S/c1-10(2)17-12(5-7-15-17)16-14(19)13-11(4-3-8-18)6-9-20-13/h5-7,9-10,18H,8H2,1-2H3,(H,16,19). The van der Waals surface area contributed by atoms with E-state index in [0.29, 0.717) is 16.3 Å². The van der Waals surface area contributed by atoms with Crippen LogP contribution in [0, 0.1) is 11.8 Å². The predicted molar refractivity (Wildman–Crippen MR) is 78.8 cm³/mol. The minimum atomic E-state index is -0.225. The molecule has 2 rings (SSSR count). The molecule has 0 saturated heterocycles. The van der Waals surface area contributed by atoms with Crippen LogP contribution in [0.3, 0.4) is 0 Å². The van der Waals surface area contributed by atoms with Crippen LogP contribution >= 0.6 is 11.3 Å². The lowest BCUT2D eigenvalue weighted by Gasteiger charge is -2.11. The summed E-state index contributed by atoms with van der Waals surface area (Å²) in [6, 6.07) is 3.68. The zero-order valence-corrected chi connectivity index (χ0v) is 12.1. The van der Waals surface area contributed by atoms with Crippen LogP contribution in [0.4, 0.5) is 5.82 Å². The summed E-state index contributed by atoms with van der Waals surface area (Å²) in [4.78, 5) is 12.8. The summed E-state index contributed by atoms with van der Waals surface area (Å²) >= 11 is 1.32. The minimum Gasteiger partial charge on any atom is -0.384 e. The van der Waals surface area contributed by atoms with Gasteiger partial charge in [0, 0.05) is 17.7 Å². The smallest absolute Gasteiger partial charge is 0.268 e. The maximum atomic E-state index is 12.3. The van der Waals surface area contributed by atoms with Crippen molar-refractivity contribution in [2.45, 2.75) is 19.9 Å². The van der Waals surface area contributed by atoms with E-state index in [4.69, 9.17) is 5.11 Å². The van der Waals surface area contributed by atoms with Gasteiger partial charge in [-0.3, -0.25) is 4.79 Å². The van der Waals surface area contributed by atoms with Crippen molar-refractivity contribution in [1.82, 2.24) is 9.78 Å². The van der Waals surface area contributed by atoms with E-state index in [1.807, 2.05) is 13.8 Å². The van der Waals surface area contributed by atoms with Crippen LogP contribution in [0.5, 0.6) is 0 Å². The zero-order chi connectivity index (χ0) is 14.5. The van der Waals surface area contributed by atoms with Gasteiger partial charge in [-0.25, -0.2) is 4.68 Å². The molecule has 2 N–H and O–H groups in total. The maximum Gasteiger partial charge on any atom is 0.268 e. The summed E-state index contributed by atoms with van der Waals surface area (Å²) in [7, 11) is 0. The predicted octanol–water partition coefficient (Wildman–Crippen LogP) is 2.12. The van der Waals surface area contributed by atoms with Crippen LogP contribution < -0.4 is 5.32 Å². The number of aromatic nitrogens is 2. The first kappa shape index (κ1) is 14.3. The highest BCUT2D eigenvalue weighted by molar-refractivity contribution is 7.12. The molecule has 6 heteroatoms. The highest BCUT2D eigenvalue weighted by atomic mass is 32.1. The Balaban J connectivity index is 2.20. The van der Waals surface area contributed by atoms with Crippen molar-refractivity contribution in [1.29, 1.82) is 0 Å². The second-order valence-electron chi connectivity index (χ2n) is 4.33. The number of hydrogen-bond donors (Lipinski definition) is 2. The molecule has 1 amide bonds. The van der Waals surface area contributed by atoms with E-state index in [-0.39, 0.29) is 18.6 Å². The van der Waals surface area contributed by atoms with Gasteiger partial charge in [-0.15, -0.1) is 11.3 Å². The molecular weight excluding hydrogens is 274 g/mol. The number of carbonyl (C=O) groups excluding carboxylic acids is 1. The molecule has 0 aliphatic carbocycles. The molecule has 2 heterocycles. The molecule has 0 unspecified atom stereocenters.